The molecule has 1 aliphatic heterocycles. The molecule has 0 bridgehead atoms. The van der Waals surface area contributed by atoms with E-state index in [1.54, 1.807) is 12.3 Å². The highest BCUT2D eigenvalue weighted by molar-refractivity contribution is 5.88. The van der Waals surface area contributed by atoms with Gasteiger partial charge in [0.1, 0.15) is 5.82 Å². The second-order valence-corrected chi connectivity index (χ2v) is 8.36. The van der Waals surface area contributed by atoms with Crippen LogP contribution in [0, 0.1) is 12.3 Å². The standard InChI is InChI=1S/C21H26N4O3/c1-13-8-17(15-9-16(19(26)27)11-22-10-15)24-18(23-13)14-6-5-7-25(12-14)20(28)21(2,3)4/h8-11,14H,5-7,12H2,1-4H3,(H,26,27). The molecule has 0 aromatic carbocycles. The first-order chi connectivity index (χ1) is 13.1. The summed E-state index contributed by atoms with van der Waals surface area (Å²) in [5.74, 6) is -0.121. The van der Waals surface area contributed by atoms with Gasteiger partial charge in [-0.3, -0.25) is 9.78 Å². The van der Waals surface area contributed by atoms with Crippen LogP contribution in [0.4, 0.5) is 0 Å². The Labute approximate surface area is 164 Å². The minimum atomic E-state index is -1.02. The van der Waals surface area contributed by atoms with E-state index in [0.29, 0.717) is 23.6 Å². The Morgan fingerprint density at radius 1 is 1.18 bits per heavy atom. The molecule has 2 aromatic heterocycles. The van der Waals surface area contributed by atoms with E-state index in [2.05, 4.69) is 9.97 Å². The van der Waals surface area contributed by atoms with Crippen LogP contribution in [0.15, 0.2) is 24.5 Å². The largest absolute Gasteiger partial charge is 0.478 e. The monoisotopic (exact) mass is 382 g/mol. The van der Waals surface area contributed by atoms with Crippen molar-refractivity contribution in [2.75, 3.05) is 13.1 Å². The number of nitrogens with zero attached hydrogens (tertiary/aromatic N) is 4. The SMILES string of the molecule is Cc1cc(-c2cncc(C(=O)O)c2)nc(C2CCCN(C(=O)C(C)(C)C)C2)n1. The van der Waals surface area contributed by atoms with Gasteiger partial charge in [0.15, 0.2) is 0 Å². The highest BCUT2D eigenvalue weighted by atomic mass is 16.4. The molecular formula is C21H26N4O3. The highest BCUT2D eigenvalue weighted by Gasteiger charge is 2.32. The molecule has 3 heterocycles. The number of hydrogen-bond donors (Lipinski definition) is 1. The normalized spacial score (nSPS) is 17.4. The number of carboxylic acid groups (broad SMARTS) is 1. The number of likely N-dealkylation sites (tertiary alicyclic amines) is 1. The Kier molecular flexibility index (Phi) is 5.45. The number of rotatable bonds is 3. The lowest BCUT2D eigenvalue weighted by atomic mass is 9.91. The second-order valence-electron chi connectivity index (χ2n) is 8.36. The number of piperidine rings is 1. The molecule has 1 saturated heterocycles. The van der Waals surface area contributed by atoms with Crippen LogP contribution in [0.2, 0.25) is 0 Å². The van der Waals surface area contributed by atoms with Crippen molar-refractivity contribution in [3.8, 4) is 11.3 Å². The van der Waals surface area contributed by atoms with Crippen molar-refractivity contribution in [3.05, 3.63) is 41.6 Å². The van der Waals surface area contributed by atoms with Crippen LogP contribution >= 0.6 is 0 Å². The molecule has 7 nitrogen and oxygen atoms in total. The topological polar surface area (TPSA) is 96.3 Å². The number of aryl methyl sites for hydroxylation is 1. The zero-order valence-corrected chi connectivity index (χ0v) is 16.8. The van der Waals surface area contributed by atoms with Gasteiger partial charge in [0.25, 0.3) is 0 Å². The summed E-state index contributed by atoms with van der Waals surface area (Å²) < 4.78 is 0. The molecule has 0 radical (unpaired) electrons. The minimum Gasteiger partial charge on any atom is -0.478 e. The Bertz CT molecular complexity index is 905. The van der Waals surface area contributed by atoms with E-state index in [1.165, 1.54) is 6.20 Å². The molecule has 0 saturated carbocycles. The lowest BCUT2D eigenvalue weighted by Crippen LogP contribution is -2.44. The van der Waals surface area contributed by atoms with E-state index in [9.17, 15) is 14.7 Å². The van der Waals surface area contributed by atoms with Crippen LogP contribution in [0.3, 0.4) is 0 Å². The van der Waals surface area contributed by atoms with E-state index in [0.717, 1.165) is 25.1 Å². The molecule has 1 amide bonds. The molecule has 148 valence electrons. The smallest absolute Gasteiger partial charge is 0.337 e. The van der Waals surface area contributed by atoms with E-state index < -0.39 is 11.4 Å². The first kappa shape index (κ1) is 19.9. The van der Waals surface area contributed by atoms with Crippen molar-refractivity contribution >= 4 is 11.9 Å². The van der Waals surface area contributed by atoms with Crippen LogP contribution in [-0.4, -0.2) is 49.9 Å². The molecule has 2 aromatic rings. The predicted octanol–water partition coefficient (Wildman–Crippen LogP) is 3.30. The van der Waals surface area contributed by atoms with Crippen LogP contribution < -0.4 is 0 Å². The summed E-state index contributed by atoms with van der Waals surface area (Å²) in [6.45, 7) is 9.06. The molecule has 7 heteroatoms. The van der Waals surface area contributed by atoms with Gasteiger partial charge < -0.3 is 10.0 Å². The number of amides is 1. The minimum absolute atomic E-state index is 0.0642. The fraction of sp³-hybridized carbons (Fsp3) is 0.476. The van der Waals surface area contributed by atoms with Gasteiger partial charge in [0, 0.05) is 48.1 Å². The first-order valence-electron chi connectivity index (χ1n) is 9.49. The molecule has 0 spiro atoms. The van der Waals surface area contributed by atoms with Gasteiger partial charge in [-0.15, -0.1) is 0 Å². The third kappa shape index (κ3) is 4.35. The summed E-state index contributed by atoms with van der Waals surface area (Å²) in [5, 5.41) is 9.21. The number of aromatic nitrogens is 3. The van der Waals surface area contributed by atoms with Gasteiger partial charge in [-0.1, -0.05) is 20.8 Å². The Morgan fingerprint density at radius 2 is 1.93 bits per heavy atom. The summed E-state index contributed by atoms with van der Waals surface area (Å²) in [6.07, 6.45) is 4.76. The predicted molar refractivity (Wildman–Crippen MR) is 105 cm³/mol. The molecule has 3 rings (SSSR count). The molecule has 1 N–H and O–H groups in total. The maximum absolute atomic E-state index is 12.7. The van der Waals surface area contributed by atoms with Crippen molar-refractivity contribution in [3.63, 3.8) is 0 Å². The Balaban J connectivity index is 1.90. The Hall–Kier alpha value is -2.83. The van der Waals surface area contributed by atoms with Crippen LogP contribution in [-0.2, 0) is 4.79 Å². The van der Waals surface area contributed by atoms with Gasteiger partial charge in [-0.05, 0) is 31.9 Å². The van der Waals surface area contributed by atoms with Crippen molar-refractivity contribution in [1.82, 2.24) is 19.9 Å². The fourth-order valence-electron chi connectivity index (χ4n) is 3.47. The number of carboxylic acids is 1. The lowest BCUT2D eigenvalue weighted by Gasteiger charge is -2.36. The second kappa shape index (κ2) is 7.66. The first-order valence-corrected chi connectivity index (χ1v) is 9.49. The van der Waals surface area contributed by atoms with Crippen molar-refractivity contribution in [1.29, 1.82) is 0 Å². The number of carbonyl (C=O) groups excluding carboxylic acids is 1. The number of carbonyl (C=O) groups is 2. The van der Waals surface area contributed by atoms with Crippen LogP contribution in [0.25, 0.3) is 11.3 Å². The van der Waals surface area contributed by atoms with E-state index in [1.807, 2.05) is 38.7 Å². The fourth-order valence-corrected chi connectivity index (χ4v) is 3.47. The molecular weight excluding hydrogens is 356 g/mol. The molecule has 1 unspecified atom stereocenters. The van der Waals surface area contributed by atoms with E-state index in [-0.39, 0.29) is 17.4 Å². The summed E-state index contributed by atoms with van der Waals surface area (Å²) in [7, 11) is 0. The number of hydrogen-bond acceptors (Lipinski definition) is 5. The van der Waals surface area contributed by atoms with Crippen LogP contribution in [0.1, 0.15) is 61.4 Å². The van der Waals surface area contributed by atoms with Gasteiger partial charge in [-0.2, -0.15) is 0 Å². The van der Waals surface area contributed by atoms with E-state index in [4.69, 9.17) is 4.98 Å². The van der Waals surface area contributed by atoms with Crippen LogP contribution in [0.5, 0.6) is 0 Å². The molecule has 1 atom stereocenters. The molecule has 1 aliphatic rings. The average molecular weight is 382 g/mol. The maximum Gasteiger partial charge on any atom is 0.337 e. The van der Waals surface area contributed by atoms with Gasteiger partial charge in [0.2, 0.25) is 5.91 Å². The van der Waals surface area contributed by atoms with Gasteiger partial charge >= 0.3 is 5.97 Å². The van der Waals surface area contributed by atoms with Crippen molar-refractivity contribution < 1.29 is 14.7 Å². The van der Waals surface area contributed by atoms with Gasteiger partial charge in [-0.25, -0.2) is 14.8 Å². The summed E-state index contributed by atoms with van der Waals surface area (Å²) in [6, 6.07) is 3.39. The number of pyridine rings is 1. The summed E-state index contributed by atoms with van der Waals surface area (Å²) in [4.78, 5) is 39.2. The van der Waals surface area contributed by atoms with E-state index >= 15 is 0 Å². The van der Waals surface area contributed by atoms with Crippen molar-refractivity contribution in [2.24, 2.45) is 5.41 Å². The quantitative estimate of drug-likeness (QED) is 0.875. The summed E-state index contributed by atoms with van der Waals surface area (Å²) >= 11 is 0. The Morgan fingerprint density at radius 3 is 2.61 bits per heavy atom. The lowest BCUT2D eigenvalue weighted by molar-refractivity contribution is -0.140. The third-order valence-corrected chi connectivity index (χ3v) is 4.87. The van der Waals surface area contributed by atoms with Crippen molar-refractivity contribution in [2.45, 2.75) is 46.5 Å². The average Bonchev–Trinajstić information content (AvgIpc) is 2.66. The zero-order chi connectivity index (χ0) is 20.5. The number of aromatic carboxylic acids is 1. The molecule has 1 fully saturated rings. The van der Waals surface area contributed by atoms with Gasteiger partial charge in [0.05, 0.1) is 11.3 Å². The zero-order valence-electron chi connectivity index (χ0n) is 16.8. The summed E-state index contributed by atoms with van der Waals surface area (Å²) in [5.41, 5.74) is 1.81. The maximum atomic E-state index is 12.7. The third-order valence-electron chi connectivity index (χ3n) is 4.87. The highest BCUT2D eigenvalue weighted by Crippen LogP contribution is 2.29. The molecule has 0 aliphatic carbocycles. The molecule has 28 heavy (non-hydrogen) atoms.